The predicted molar refractivity (Wildman–Crippen MR) is 86.8 cm³/mol. The van der Waals surface area contributed by atoms with Crippen LogP contribution in [0.5, 0.6) is 0 Å². The van der Waals surface area contributed by atoms with Gasteiger partial charge in [0.15, 0.2) is 0 Å². The van der Waals surface area contributed by atoms with Crippen molar-refractivity contribution in [1.29, 1.82) is 0 Å². The van der Waals surface area contributed by atoms with Gasteiger partial charge in [-0.15, -0.1) is 11.3 Å². The lowest BCUT2D eigenvalue weighted by molar-refractivity contribution is 0.397. The van der Waals surface area contributed by atoms with Crippen LogP contribution in [0.4, 0.5) is 0 Å². The van der Waals surface area contributed by atoms with Crippen LogP contribution >= 0.6 is 11.3 Å². The average Bonchev–Trinajstić information content (AvgIpc) is 2.84. The van der Waals surface area contributed by atoms with E-state index in [1.165, 1.54) is 49.0 Å². The van der Waals surface area contributed by atoms with E-state index in [9.17, 15) is 0 Å². The minimum absolute atomic E-state index is 0.819. The summed E-state index contributed by atoms with van der Waals surface area (Å²) in [7, 11) is 0. The maximum atomic E-state index is 3.60. The standard InChI is InChI=1S/C17H27NS/c1-3-10-18-13-16(15-7-5-4-6-8-15)12-17-14(2)9-11-19-17/h9,11-12,15,18H,3-8,10,13H2,1-2H3. The van der Waals surface area contributed by atoms with Gasteiger partial charge in [0.25, 0.3) is 0 Å². The average molecular weight is 277 g/mol. The Bertz CT molecular complexity index is 399. The molecule has 1 fully saturated rings. The molecule has 0 aromatic carbocycles. The van der Waals surface area contributed by atoms with Gasteiger partial charge in [-0.3, -0.25) is 0 Å². The molecule has 0 aliphatic heterocycles. The number of hydrogen-bond acceptors (Lipinski definition) is 2. The van der Waals surface area contributed by atoms with Crippen LogP contribution in [0.3, 0.4) is 0 Å². The fourth-order valence-corrected chi connectivity index (χ4v) is 3.79. The van der Waals surface area contributed by atoms with Crippen LogP contribution in [0.2, 0.25) is 0 Å². The summed E-state index contributed by atoms with van der Waals surface area (Å²) in [5, 5.41) is 5.81. The van der Waals surface area contributed by atoms with Crippen molar-refractivity contribution >= 4 is 17.4 Å². The molecule has 1 aromatic heterocycles. The molecule has 1 saturated carbocycles. The summed E-state index contributed by atoms with van der Waals surface area (Å²) >= 11 is 1.88. The summed E-state index contributed by atoms with van der Waals surface area (Å²) in [6.07, 6.45) is 10.7. The Balaban J connectivity index is 2.08. The second kappa shape index (κ2) is 7.86. The first kappa shape index (κ1) is 14.8. The van der Waals surface area contributed by atoms with Crippen LogP contribution in [-0.4, -0.2) is 13.1 Å². The summed E-state index contributed by atoms with van der Waals surface area (Å²) in [6.45, 7) is 6.67. The van der Waals surface area contributed by atoms with Crippen molar-refractivity contribution in [2.45, 2.75) is 52.4 Å². The maximum Gasteiger partial charge on any atom is 0.0299 e. The van der Waals surface area contributed by atoms with Gasteiger partial charge < -0.3 is 5.32 Å². The second-order valence-corrected chi connectivity index (χ2v) is 6.65. The normalized spacial score (nSPS) is 17.9. The molecule has 0 bridgehead atoms. The highest BCUT2D eigenvalue weighted by Gasteiger charge is 2.17. The molecule has 0 atom stereocenters. The van der Waals surface area contributed by atoms with Gasteiger partial charge in [-0.1, -0.05) is 31.8 Å². The summed E-state index contributed by atoms with van der Waals surface area (Å²) in [4.78, 5) is 1.46. The third kappa shape index (κ3) is 4.47. The van der Waals surface area contributed by atoms with Gasteiger partial charge >= 0.3 is 0 Å². The zero-order valence-corrected chi connectivity index (χ0v) is 13.2. The molecule has 1 aromatic rings. The van der Waals surface area contributed by atoms with E-state index >= 15 is 0 Å². The van der Waals surface area contributed by atoms with Gasteiger partial charge in [0.1, 0.15) is 0 Å². The first-order valence-corrected chi connectivity index (χ1v) is 8.64. The molecule has 1 heterocycles. The van der Waals surface area contributed by atoms with Gasteiger partial charge in [-0.25, -0.2) is 0 Å². The van der Waals surface area contributed by atoms with Crippen LogP contribution in [0.1, 0.15) is 55.9 Å². The topological polar surface area (TPSA) is 12.0 Å². The van der Waals surface area contributed by atoms with E-state index in [0.717, 1.165) is 19.0 Å². The lowest BCUT2D eigenvalue weighted by Gasteiger charge is -2.25. The summed E-state index contributed by atoms with van der Waals surface area (Å²) < 4.78 is 0. The third-order valence-corrected chi connectivity index (χ3v) is 5.07. The van der Waals surface area contributed by atoms with Crippen molar-refractivity contribution < 1.29 is 0 Å². The number of hydrogen-bond donors (Lipinski definition) is 1. The molecule has 106 valence electrons. The van der Waals surface area contributed by atoms with Gasteiger partial charge in [-0.2, -0.15) is 0 Å². The van der Waals surface area contributed by atoms with Crippen LogP contribution in [0, 0.1) is 12.8 Å². The molecular weight excluding hydrogens is 250 g/mol. The quantitative estimate of drug-likeness (QED) is 0.720. The molecule has 0 unspecified atom stereocenters. The molecule has 2 heteroatoms. The summed E-state index contributed by atoms with van der Waals surface area (Å²) in [5.41, 5.74) is 3.06. The predicted octanol–water partition coefficient (Wildman–Crippen LogP) is 5.02. The van der Waals surface area contributed by atoms with Crippen LogP contribution in [0.15, 0.2) is 17.0 Å². The number of aryl methyl sites for hydroxylation is 1. The van der Waals surface area contributed by atoms with Crippen molar-refractivity contribution in [1.82, 2.24) is 5.32 Å². The van der Waals surface area contributed by atoms with Gasteiger partial charge in [0.2, 0.25) is 0 Å². The largest absolute Gasteiger partial charge is 0.313 e. The lowest BCUT2D eigenvalue weighted by Crippen LogP contribution is -2.22. The van der Waals surface area contributed by atoms with Crippen molar-refractivity contribution in [2.75, 3.05) is 13.1 Å². The molecule has 1 N–H and O–H groups in total. The van der Waals surface area contributed by atoms with Crippen molar-refractivity contribution in [2.24, 2.45) is 5.92 Å². The molecule has 1 aliphatic rings. The third-order valence-electron chi connectivity index (χ3n) is 4.10. The van der Waals surface area contributed by atoms with Gasteiger partial charge in [0.05, 0.1) is 0 Å². The first-order chi connectivity index (χ1) is 9.31. The van der Waals surface area contributed by atoms with Crippen molar-refractivity contribution in [3.63, 3.8) is 0 Å². The van der Waals surface area contributed by atoms with Crippen LogP contribution in [0.25, 0.3) is 6.08 Å². The van der Waals surface area contributed by atoms with E-state index in [0.29, 0.717) is 0 Å². The minimum Gasteiger partial charge on any atom is -0.313 e. The minimum atomic E-state index is 0.819. The van der Waals surface area contributed by atoms with Crippen LogP contribution < -0.4 is 5.32 Å². The lowest BCUT2D eigenvalue weighted by atomic mass is 9.83. The molecule has 2 rings (SSSR count). The number of thiophene rings is 1. The molecule has 0 saturated heterocycles. The van der Waals surface area contributed by atoms with Crippen molar-refractivity contribution in [3.8, 4) is 0 Å². The Labute approximate surface area is 122 Å². The van der Waals surface area contributed by atoms with Gasteiger partial charge in [-0.05, 0) is 61.7 Å². The Morgan fingerprint density at radius 2 is 2.16 bits per heavy atom. The smallest absolute Gasteiger partial charge is 0.0299 e. The van der Waals surface area contributed by atoms with E-state index in [1.54, 1.807) is 5.57 Å². The van der Waals surface area contributed by atoms with Gasteiger partial charge in [0, 0.05) is 11.4 Å². The molecule has 1 nitrogen and oxygen atoms in total. The highest BCUT2D eigenvalue weighted by molar-refractivity contribution is 7.11. The maximum absolute atomic E-state index is 3.60. The van der Waals surface area contributed by atoms with Crippen molar-refractivity contribution in [3.05, 3.63) is 27.5 Å². The second-order valence-electron chi connectivity index (χ2n) is 5.70. The number of rotatable bonds is 6. The fourth-order valence-electron chi connectivity index (χ4n) is 2.90. The van der Waals surface area contributed by atoms with Crippen LogP contribution in [-0.2, 0) is 0 Å². The van der Waals surface area contributed by atoms with E-state index < -0.39 is 0 Å². The molecule has 19 heavy (non-hydrogen) atoms. The summed E-state index contributed by atoms with van der Waals surface area (Å²) in [5.74, 6) is 0.819. The zero-order valence-electron chi connectivity index (χ0n) is 12.4. The first-order valence-electron chi connectivity index (χ1n) is 7.76. The SMILES string of the molecule is CCCNCC(=Cc1sccc1C)C1CCCCC1. The molecule has 0 amide bonds. The Morgan fingerprint density at radius 3 is 2.79 bits per heavy atom. The highest BCUT2D eigenvalue weighted by atomic mass is 32.1. The Morgan fingerprint density at radius 1 is 1.37 bits per heavy atom. The van der Waals surface area contributed by atoms with E-state index in [4.69, 9.17) is 0 Å². The molecular formula is C17H27NS. The Kier molecular flexibility index (Phi) is 6.12. The fraction of sp³-hybridized carbons (Fsp3) is 0.647. The van der Waals surface area contributed by atoms with E-state index in [-0.39, 0.29) is 0 Å². The number of nitrogens with one attached hydrogen (secondary N) is 1. The molecule has 0 radical (unpaired) electrons. The summed E-state index contributed by atoms with van der Waals surface area (Å²) in [6, 6.07) is 2.23. The van der Waals surface area contributed by atoms with E-state index in [2.05, 4.69) is 36.7 Å². The van der Waals surface area contributed by atoms with E-state index in [1.807, 2.05) is 11.3 Å². The molecule has 1 aliphatic carbocycles. The monoisotopic (exact) mass is 277 g/mol. The highest BCUT2D eigenvalue weighted by Crippen LogP contribution is 2.31. The molecule has 0 spiro atoms. The zero-order chi connectivity index (χ0) is 13.5. The Hall–Kier alpha value is -0.600.